The van der Waals surface area contributed by atoms with Gasteiger partial charge in [-0.05, 0) is 60.7 Å². The van der Waals surface area contributed by atoms with E-state index in [9.17, 15) is 10.1 Å². The summed E-state index contributed by atoms with van der Waals surface area (Å²) in [6.07, 6.45) is 1.75. The largest absolute Gasteiger partial charge is 0.497 e. The summed E-state index contributed by atoms with van der Waals surface area (Å²) in [5.74, 6) is 2.00. The van der Waals surface area contributed by atoms with Gasteiger partial charge in [0.1, 0.15) is 23.3 Å². The van der Waals surface area contributed by atoms with Crippen LogP contribution in [0.25, 0.3) is 11.3 Å². The van der Waals surface area contributed by atoms with Crippen molar-refractivity contribution in [1.82, 2.24) is 10.3 Å². The molecule has 1 fully saturated rings. The maximum atomic E-state index is 11.0. The average Bonchev–Trinajstić information content (AvgIpc) is 3.49. The number of aromatic nitrogens is 1. The van der Waals surface area contributed by atoms with Crippen LogP contribution in [0.2, 0.25) is 0 Å². The van der Waals surface area contributed by atoms with Crippen LogP contribution in [0.5, 0.6) is 5.75 Å². The highest BCUT2D eigenvalue weighted by Gasteiger charge is 2.42. The van der Waals surface area contributed by atoms with E-state index in [0.717, 1.165) is 16.9 Å². The number of furan rings is 1. The number of methoxy groups -OCH3 is 1. The minimum atomic E-state index is -0.425. The zero-order chi connectivity index (χ0) is 23.7. The number of thiocarbonyl (C=S) groups is 1. The fourth-order valence-corrected chi connectivity index (χ4v) is 4.44. The summed E-state index contributed by atoms with van der Waals surface area (Å²) in [4.78, 5) is 17.1. The molecule has 0 amide bonds. The number of benzene rings is 2. The first kappa shape index (κ1) is 21.6. The highest BCUT2D eigenvalue weighted by Crippen LogP contribution is 2.43. The van der Waals surface area contributed by atoms with E-state index in [4.69, 9.17) is 21.4 Å². The van der Waals surface area contributed by atoms with Gasteiger partial charge in [-0.3, -0.25) is 15.1 Å². The topological polar surface area (TPSA) is 93.7 Å². The van der Waals surface area contributed by atoms with Crippen molar-refractivity contribution in [3.63, 3.8) is 0 Å². The molecule has 0 saturated carbocycles. The van der Waals surface area contributed by atoms with Gasteiger partial charge in [0.15, 0.2) is 5.11 Å². The molecular weight excluding hydrogens is 452 g/mol. The monoisotopic (exact) mass is 472 g/mol. The van der Waals surface area contributed by atoms with Crippen LogP contribution in [-0.2, 0) is 0 Å². The molecule has 34 heavy (non-hydrogen) atoms. The van der Waals surface area contributed by atoms with Crippen molar-refractivity contribution in [3.05, 3.63) is 107 Å². The molecule has 1 aliphatic rings. The third kappa shape index (κ3) is 3.97. The molecule has 2 aromatic carbocycles. The average molecular weight is 473 g/mol. The van der Waals surface area contributed by atoms with E-state index in [2.05, 4.69) is 10.3 Å². The number of hydrogen-bond donors (Lipinski definition) is 1. The Labute approximate surface area is 201 Å². The molecule has 5 rings (SSSR count). The molecule has 4 aromatic rings. The molecule has 0 unspecified atom stereocenters. The lowest BCUT2D eigenvalue weighted by molar-refractivity contribution is -0.384. The Kier molecular flexibility index (Phi) is 5.69. The zero-order valence-corrected chi connectivity index (χ0v) is 18.9. The number of pyridine rings is 1. The van der Waals surface area contributed by atoms with Crippen molar-refractivity contribution in [1.29, 1.82) is 0 Å². The van der Waals surface area contributed by atoms with Crippen LogP contribution >= 0.6 is 12.2 Å². The molecule has 170 valence electrons. The molecular formula is C25H20N4O4S. The molecule has 2 atom stereocenters. The molecule has 1 N–H and O–H groups in total. The molecule has 2 aromatic heterocycles. The molecule has 9 heteroatoms. The summed E-state index contributed by atoms with van der Waals surface area (Å²) in [6.45, 7) is 0. The van der Waals surface area contributed by atoms with Gasteiger partial charge in [0.25, 0.3) is 5.69 Å². The zero-order valence-electron chi connectivity index (χ0n) is 18.1. The quantitative estimate of drug-likeness (QED) is 0.225. The van der Waals surface area contributed by atoms with Gasteiger partial charge in [0, 0.05) is 35.6 Å². The number of nitrogens with one attached hydrogen (secondary N) is 1. The molecule has 0 aliphatic carbocycles. The van der Waals surface area contributed by atoms with Crippen LogP contribution in [0.1, 0.15) is 23.5 Å². The second kappa shape index (κ2) is 8.95. The van der Waals surface area contributed by atoms with Gasteiger partial charge in [-0.1, -0.05) is 12.1 Å². The van der Waals surface area contributed by atoms with E-state index >= 15 is 0 Å². The fraction of sp³-hybridized carbons (Fsp3) is 0.120. The summed E-state index contributed by atoms with van der Waals surface area (Å²) in [5, 5.41) is 14.9. The lowest BCUT2D eigenvalue weighted by Gasteiger charge is -2.26. The Balaban J connectivity index is 1.57. The van der Waals surface area contributed by atoms with Gasteiger partial charge in [-0.25, -0.2) is 0 Å². The second-order valence-electron chi connectivity index (χ2n) is 7.70. The van der Waals surface area contributed by atoms with E-state index in [0.29, 0.717) is 22.4 Å². The molecule has 1 aliphatic heterocycles. The first-order valence-electron chi connectivity index (χ1n) is 10.5. The maximum absolute atomic E-state index is 11.0. The van der Waals surface area contributed by atoms with Crippen molar-refractivity contribution in [2.75, 3.05) is 12.0 Å². The van der Waals surface area contributed by atoms with Crippen LogP contribution < -0.4 is 15.0 Å². The Morgan fingerprint density at radius 2 is 1.91 bits per heavy atom. The Morgan fingerprint density at radius 1 is 1.09 bits per heavy atom. The SMILES string of the molecule is COc1cccc(N2C(=S)N[C@@H](c3ccccn3)[C@@H]2c2ccc(-c3ccc([N+](=O)[O-])cc3)o2)c1. The summed E-state index contributed by atoms with van der Waals surface area (Å²) in [6, 6.07) is 22.9. The number of nitrogens with zero attached hydrogens (tertiary/aromatic N) is 3. The number of nitro groups is 1. The Bertz CT molecular complexity index is 1340. The van der Waals surface area contributed by atoms with Gasteiger partial charge in [0.05, 0.1) is 23.8 Å². The smallest absolute Gasteiger partial charge is 0.269 e. The first-order chi connectivity index (χ1) is 16.5. The van der Waals surface area contributed by atoms with E-state index in [1.165, 1.54) is 12.1 Å². The standard InChI is InChI=1S/C25H20N4O4S/c1-32-19-6-4-5-18(15-19)28-24(23(27-25(28)34)20-7-2-3-14-26-20)22-13-12-21(33-22)16-8-10-17(11-9-16)29(30)31/h2-15,23-24H,1H3,(H,27,34)/t23-,24-/m0/s1. The third-order valence-electron chi connectivity index (χ3n) is 5.71. The lowest BCUT2D eigenvalue weighted by atomic mass is 10.0. The van der Waals surface area contributed by atoms with Crippen molar-refractivity contribution < 1.29 is 14.1 Å². The fourth-order valence-electron chi connectivity index (χ4n) is 4.10. The maximum Gasteiger partial charge on any atom is 0.269 e. The summed E-state index contributed by atoms with van der Waals surface area (Å²) in [5.41, 5.74) is 2.45. The number of ether oxygens (including phenoxy) is 1. The molecule has 8 nitrogen and oxygen atoms in total. The van der Waals surface area contributed by atoms with E-state index in [1.807, 2.05) is 59.5 Å². The Morgan fingerprint density at radius 3 is 2.62 bits per heavy atom. The molecule has 0 spiro atoms. The summed E-state index contributed by atoms with van der Waals surface area (Å²) >= 11 is 5.74. The number of anilines is 1. The predicted molar refractivity (Wildman–Crippen MR) is 132 cm³/mol. The number of rotatable bonds is 6. The van der Waals surface area contributed by atoms with Crippen LogP contribution in [0.4, 0.5) is 11.4 Å². The van der Waals surface area contributed by atoms with Crippen molar-refractivity contribution in [2.24, 2.45) is 0 Å². The molecule has 0 bridgehead atoms. The van der Waals surface area contributed by atoms with Crippen molar-refractivity contribution >= 4 is 28.7 Å². The number of non-ortho nitro benzene ring substituents is 1. The molecule has 0 radical (unpaired) electrons. The van der Waals surface area contributed by atoms with Gasteiger partial charge in [0.2, 0.25) is 0 Å². The summed E-state index contributed by atoms with van der Waals surface area (Å²) in [7, 11) is 1.62. The second-order valence-corrected chi connectivity index (χ2v) is 8.09. The highest BCUT2D eigenvalue weighted by atomic mass is 32.1. The third-order valence-corrected chi connectivity index (χ3v) is 6.03. The minimum Gasteiger partial charge on any atom is -0.497 e. The van der Waals surface area contributed by atoms with Crippen LogP contribution in [0.15, 0.2) is 89.5 Å². The van der Waals surface area contributed by atoms with Crippen LogP contribution in [0, 0.1) is 10.1 Å². The minimum absolute atomic E-state index is 0.0280. The van der Waals surface area contributed by atoms with Gasteiger partial charge in [-0.15, -0.1) is 0 Å². The van der Waals surface area contributed by atoms with Gasteiger partial charge >= 0.3 is 0 Å². The van der Waals surface area contributed by atoms with Crippen molar-refractivity contribution in [3.8, 4) is 17.1 Å². The van der Waals surface area contributed by atoms with Gasteiger partial charge < -0.3 is 19.4 Å². The number of hydrogen-bond acceptors (Lipinski definition) is 6. The predicted octanol–water partition coefficient (Wildman–Crippen LogP) is 5.44. The van der Waals surface area contributed by atoms with Crippen molar-refractivity contribution in [2.45, 2.75) is 12.1 Å². The van der Waals surface area contributed by atoms with E-state index in [-0.39, 0.29) is 17.8 Å². The number of nitro benzene ring substituents is 1. The molecule has 3 heterocycles. The summed E-state index contributed by atoms with van der Waals surface area (Å²) < 4.78 is 11.7. The van der Waals surface area contributed by atoms with E-state index in [1.54, 1.807) is 25.4 Å². The van der Waals surface area contributed by atoms with E-state index < -0.39 is 4.92 Å². The molecule has 1 saturated heterocycles. The first-order valence-corrected chi connectivity index (χ1v) is 11.0. The highest BCUT2D eigenvalue weighted by molar-refractivity contribution is 7.80. The lowest BCUT2D eigenvalue weighted by Crippen LogP contribution is -2.29. The van der Waals surface area contributed by atoms with Gasteiger partial charge in [-0.2, -0.15) is 0 Å². The van der Waals surface area contributed by atoms with Crippen LogP contribution in [-0.4, -0.2) is 22.1 Å². The normalized spacial score (nSPS) is 17.4. The Hall–Kier alpha value is -4.24. The van der Waals surface area contributed by atoms with Crippen LogP contribution in [0.3, 0.4) is 0 Å².